The second-order valence-corrected chi connectivity index (χ2v) is 9.63. The number of rotatable bonds is 5. The van der Waals surface area contributed by atoms with Gasteiger partial charge in [0, 0.05) is 23.4 Å². The average Bonchev–Trinajstić information content (AvgIpc) is 3.19. The van der Waals surface area contributed by atoms with E-state index in [0.717, 1.165) is 46.7 Å². The van der Waals surface area contributed by atoms with Gasteiger partial charge in [-0.05, 0) is 63.8 Å². The first kappa shape index (κ1) is 22.9. The molecule has 1 aliphatic carbocycles. The van der Waals surface area contributed by atoms with Crippen LogP contribution in [0.3, 0.4) is 0 Å². The van der Waals surface area contributed by atoms with Crippen LogP contribution in [0.2, 0.25) is 0 Å². The van der Waals surface area contributed by atoms with Gasteiger partial charge in [-0.25, -0.2) is 0 Å². The van der Waals surface area contributed by atoms with Crippen molar-refractivity contribution in [1.82, 2.24) is 5.32 Å². The molecule has 0 spiro atoms. The summed E-state index contributed by atoms with van der Waals surface area (Å²) in [6.45, 7) is 7.83. The van der Waals surface area contributed by atoms with Gasteiger partial charge in [0.25, 0.3) is 0 Å². The molecule has 1 amide bonds. The van der Waals surface area contributed by atoms with Crippen LogP contribution in [0.5, 0.6) is 0 Å². The quantitative estimate of drug-likeness (QED) is 0.626. The van der Waals surface area contributed by atoms with Crippen molar-refractivity contribution in [2.24, 2.45) is 0 Å². The van der Waals surface area contributed by atoms with E-state index in [0.29, 0.717) is 28.4 Å². The monoisotopic (exact) mass is 461 g/mol. The molecule has 2 aliphatic rings. The highest BCUT2D eigenvalue weighted by Crippen LogP contribution is 2.44. The second kappa shape index (κ2) is 9.32. The standard InChI is InChI=1S/C26H27N3O3S/c1-14-10-15(2)25(16(3)11-14)29-22(31)13-33-26-18(12-27)23(21-9-8-17(4)32-21)24-19(28-26)6-5-7-20(24)30/h8-11,23,28H,5-7,13H2,1-4H3,(H,29,31)/t23-/m1/s1. The zero-order valence-electron chi connectivity index (χ0n) is 19.3. The average molecular weight is 462 g/mol. The van der Waals surface area contributed by atoms with Crippen molar-refractivity contribution in [1.29, 1.82) is 5.26 Å². The summed E-state index contributed by atoms with van der Waals surface area (Å²) in [6.07, 6.45) is 1.96. The first-order chi connectivity index (χ1) is 15.8. The Morgan fingerprint density at radius 2 is 1.94 bits per heavy atom. The number of furan rings is 1. The number of dihydropyridines is 1. The molecule has 0 fully saturated rings. The van der Waals surface area contributed by atoms with Crippen LogP contribution in [-0.2, 0) is 9.59 Å². The van der Waals surface area contributed by atoms with Gasteiger partial charge in [-0.1, -0.05) is 29.5 Å². The number of hydrogen-bond donors (Lipinski definition) is 2. The second-order valence-electron chi connectivity index (χ2n) is 8.64. The Morgan fingerprint density at radius 1 is 1.21 bits per heavy atom. The van der Waals surface area contributed by atoms with Gasteiger partial charge in [0.05, 0.1) is 28.3 Å². The molecule has 0 saturated heterocycles. The van der Waals surface area contributed by atoms with Crippen LogP contribution in [0.25, 0.3) is 0 Å². The number of hydrogen-bond acceptors (Lipinski definition) is 6. The van der Waals surface area contributed by atoms with Crippen molar-refractivity contribution >= 4 is 29.1 Å². The summed E-state index contributed by atoms with van der Waals surface area (Å²) in [5.74, 6) is 0.806. The molecule has 6 nitrogen and oxygen atoms in total. The van der Waals surface area contributed by atoms with E-state index in [2.05, 4.69) is 16.7 Å². The summed E-state index contributed by atoms with van der Waals surface area (Å²) < 4.78 is 5.85. The lowest BCUT2D eigenvalue weighted by Crippen LogP contribution is -2.31. The normalized spacial score (nSPS) is 18.0. The predicted molar refractivity (Wildman–Crippen MR) is 130 cm³/mol. The molecular formula is C26H27N3O3S. The van der Waals surface area contributed by atoms with Gasteiger partial charge in [-0.3, -0.25) is 9.59 Å². The molecule has 0 unspecified atom stereocenters. The van der Waals surface area contributed by atoms with Crippen LogP contribution in [0.4, 0.5) is 5.69 Å². The summed E-state index contributed by atoms with van der Waals surface area (Å²) in [5, 5.41) is 17.0. The van der Waals surface area contributed by atoms with Gasteiger partial charge < -0.3 is 15.1 Å². The van der Waals surface area contributed by atoms with Crippen LogP contribution in [-0.4, -0.2) is 17.4 Å². The van der Waals surface area contributed by atoms with Crippen molar-refractivity contribution in [2.75, 3.05) is 11.1 Å². The number of nitrogens with one attached hydrogen (secondary N) is 2. The molecule has 0 bridgehead atoms. The van der Waals surface area contributed by atoms with Crippen LogP contribution in [0.15, 0.2) is 50.6 Å². The van der Waals surface area contributed by atoms with Gasteiger partial charge >= 0.3 is 0 Å². The highest BCUT2D eigenvalue weighted by molar-refractivity contribution is 8.03. The van der Waals surface area contributed by atoms with E-state index >= 15 is 0 Å². The summed E-state index contributed by atoms with van der Waals surface area (Å²) in [6, 6.07) is 10.0. The van der Waals surface area contributed by atoms with Crippen molar-refractivity contribution in [3.05, 3.63) is 74.3 Å². The number of nitriles is 1. The zero-order chi connectivity index (χ0) is 23.7. The molecule has 2 aromatic rings. The topological polar surface area (TPSA) is 95.1 Å². The van der Waals surface area contributed by atoms with Gasteiger partial charge in [0.2, 0.25) is 5.91 Å². The minimum atomic E-state index is -0.542. The number of Topliss-reactive ketones (excluding diaryl/α,β-unsaturated/α-hetero) is 1. The van der Waals surface area contributed by atoms with Gasteiger partial charge in [-0.15, -0.1) is 0 Å². The Labute approximate surface area is 198 Å². The highest BCUT2D eigenvalue weighted by atomic mass is 32.2. The fourth-order valence-corrected chi connectivity index (χ4v) is 5.48. The minimum Gasteiger partial charge on any atom is -0.465 e. The number of allylic oxidation sites excluding steroid dienone is 3. The fourth-order valence-electron chi connectivity index (χ4n) is 4.62. The molecule has 1 aliphatic heterocycles. The number of carbonyl (C=O) groups excluding carboxylic acids is 2. The fraction of sp³-hybridized carbons (Fsp3) is 0.346. The number of benzene rings is 1. The molecule has 0 radical (unpaired) electrons. The molecule has 0 saturated carbocycles. The minimum absolute atomic E-state index is 0.0441. The molecule has 4 rings (SSSR count). The van der Waals surface area contributed by atoms with E-state index in [4.69, 9.17) is 4.42 Å². The van der Waals surface area contributed by atoms with Crippen LogP contribution in [0, 0.1) is 39.0 Å². The Kier molecular flexibility index (Phi) is 6.48. The third-order valence-corrected chi connectivity index (χ3v) is 7.01. The Morgan fingerprint density at radius 3 is 2.58 bits per heavy atom. The lowest BCUT2D eigenvalue weighted by Gasteiger charge is -2.32. The number of thioether (sulfide) groups is 1. The summed E-state index contributed by atoms with van der Waals surface area (Å²) >= 11 is 1.28. The Hall–Kier alpha value is -3.24. The van der Waals surface area contributed by atoms with Gasteiger partial charge in [0.15, 0.2) is 5.78 Å². The Bertz CT molecular complexity index is 1220. The van der Waals surface area contributed by atoms with E-state index in [1.54, 1.807) is 0 Å². The largest absolute Gasteiger partial charge is 0.465 e. The molecule has 1 atom stereocenters. The SMILES string of the molecule is Cc1cc(C)c(NC(=O)CSC2=C(C#N)[C@H](c3ccc(C)o3)C3=C(CCCC3=O)N2)c(C)c1. The predicted octanol–water partition coefficient (Wildman–Crippen LogP) is 5.31. The molecule has 1 aromatic heterocycles. The third-order valence-electron chi connectivity index (χ3n) is 6.00. The number of ketones is 1. The van der Waals surface area contributed by atoms with Crippen LogP contribution < -0.4 is 10.6 Å². The maximum absolute atomic E-state index is 12.8. The molecule has 7 heteroatoms. The van der Waals surface area contributed by atoms with Gasteiger partial charge in [0.1, 0.15) is 11.5 Å². The molecule has 1 aromatic carbocycles. The van der Waals surface area contributed by atoms with Crippen LogP contribution >= 0.6 is 11.8 Å². The Balaban J connectivity index is 1.60. The highest BCUT2D eigenvalue weighted by Gasteiger charge is 2.38. The maximum Gasteiger partial charge on any atom is 0.234 e. The van der Waals surface area contributed by atoms with Crippen molar-refractivity contribution in [3.63, 3.8) is 0 Å². The maximum atomic E-state index is 12.8. The number of amides is 1. The molecule has 2 heterocycles. The molecule has 170 valence electrons. The van der Waals surface area contributed by atoms with Crippen molar-refractivity contribution in [2.45, 2.75) is 52.9 Å². The number of nitrogens with zero attached hydrogens (tertiary/aromatic N) is 1. The lowest BCUT2D eigenvalue weighted by molar-refractivity contribution is -0.116. The van der Waals surface area contributed by atoms with E-state index < -0.39 is 5.92 Å². The molecule has 33 heavy (non-hydrogen) atoms. The summed E-state index contributed by atoms with van der Waals surface area (Å²) in [4.78, 5) is 25.6. The van der Waals surface area contributed by atoms with E-state index in [9.17, 15) is 14.9 Å². The number of aryl methyl sites for hydroxylation is 4. The molecule has 2 N–H and O–H groups in total. The summed E-state index contributed by atoms with van der Waals surface area (Å²) in [7, 11) is 0. The van der Waals surface area contributed by atoms with Crippen molar-refractivity contribution < 1.29 is 14.0 Å². The lowest BCUT2D eigenvalue weighted by atomic mass is 9.79. The zero-order valence-corrected chi connectivity index (χ0v) is 20.1. The van der Waals surface area contributed by atoms with E-state index in [1.807, 2.05) is 52.0 Å². The molecular weight excluding hydrogens is 434 g/mol. The van der Waals surface area contributed by atoms with Gasteiger partial charge in [-0.2, -0.15) is 5.26 Å². The van der Waals surface area contributed by atoms with E-state index in [1.165, 1.54) is 11.8 Å². The number of anilines is 1. The first-order valence-corrected chi connectivity index (χ1v) is 12.0. The smallest absolute Gasteiger partial charge is 0.234 e. The summed E-state index contributed by atoms with van der Waals surface area (Å²) in [5.41, 5.74) is 5.87. The van der Waals surface area contributed by atoms with Crippen LogP contribution in [0.1, 0.15) is 53.4 Å². The first-order valence-electron chi connectivity index (χ1n) is 11.0. The number of carbonyl (C=O) groups is 2. The van der Waals surface area contributed by atoms with Crippen molar-refractivity contribution in [3.8, 4) is 6.07 Å². The third kappa shape index (κ3) is 4.62. The van der Waals surface area contributed by atoms with E-state index in [-0.39, 0.29) is 17.4 Å².